The third kappa shape index (κ3) is 8.64. The van der Waals surface area contributed by atoms with Crippen LogP contribution in [0.3, 0.4) is 0 Å². The quantitative estimate of drug-likeness (QED) is 0.0698. The van der Waals surface area contributed by atoms with Crippen molar-refractivity contribution in [3.05, 3.63) is 86.7 Å². The number of para-hydroxylation sites is 1. The lowest BCUT2D eigenvalue weighted by Gasteiger charge is -2.40. The van der Waals surface area contributed by atoms with Crippen molar-refractivity contribution in [2.45, 2.75) is 90.1 Å². The fourth-order valence-corrected chi connectivity index (χ4v) is 7.79. The van der Waals surface area contributed by atoms with E-state index in [2.05, 4.69) is 31.2 Å². The molecular weight excluding hydrogens is 731 g/mol. The average molecular weight is 774 g/mol. The summed E-state index contributed by atoms with van der Waals surface area (Å²) in [5.41, 5.74) is 4.41. The fraction of sp³-hybridized carbons (Fsp3) is 0.432. The Morgan fingerprint density at radius 3 is 2.42 bits per heavy atom. The minimum Gasteiger partial charge on any atom is -0.364 e. The van der Waals surface area contributed by atoms with E-state index in [-0.39, 0.29) is 54.0 Å². The molecule has 0 spiro atoms. The number of rotatable bonds is 13. The van der Waals surface area contributed by atoms with Crippen molar-refractivity contribution in [3.8, 4) is 0 Å². The summed E-state index contributed by atoms with van der Waals surface area (Å²) < 4.78 is 56.4. The van der Waals surface area contributed by atoms with Crippen molar-refractivity contribution in [1.82, 2.24) is 31.2 Å². The summed E-state index contributed by atoms with van der Waals surface area (Å²) in [5, 5.41) is 14.5. The highest BCUT2D eigenvalue weighted by molar-refractivity contribution is 7.80. The predicted octanol–water partition coefficient (Wildman–Crippen LogP) is 6.21. The first kappa shape index (κ1) is 39.6. The molecule has 0 bridgehead atoms. The number of aromatic amines is 1. The average Bonchev–Trinajstić information content (AvgIpc) is 3.76. The number of thiocarbonyl (C=S) groups is 1. The van der Waals surface area contributed by atoms with E-state index in [0.717, 1.165) is 6.07 Å². The highest BCUT2D eigenvalue weighted by atomic mass is 32.1. The lowest BCUT2D eigenvalue weighted by Crippen LogP contribution is -2.65. The SMILES string of the molecule is CCC(C)C(NC(=S)NCc1ccccc1F)C(=O)N[C@@]1(C(=O)N[C@H](c2nc(C(N)=O)cs2)[C@@H](C)CC)CCc2[nH]c3c(C(F)(F)F)cccc3c2C1. The molecule has 284 valence electrons. The van der Waals surface area contributed by atoms with E-state index >= 15 is 0 Å². The molecule has 10 nitrogen and oxygen atoms in total. The molecule has 0 fully saturated rings. The number of nitrogens with zero attached hydrogens (tertiary/aromatic N) is 1. The number of halogens is 4. The number of nitrogens with two attached hydrogens (primary N) is 1. The highest BCUT2D eigenvalue weighted by Gasteiger charge is 2.47. The summed E-state index contributed by atoms with van der Waals surface area (Å²) >= 11 is 6.68. The maximum Gasteiger partial charge on any atom is 0.418 e. The molecule has 0 radical (unpaired) electrons. The molecule has 2 heterocycles. The molecule has 0 aliphatic heterocycles. The smallest absolute Gasteiger partial charge is 0.364 e. The second kappa shape index (κ2) is 16.2. The number of aryl methyl sites for hydroxylation is 1. The Labute approximate surface area is 314 Å². The summed E-state index contributed by atoms with van der Waals surface area (Å²) in [6, 6.07) is 8.50. The van der Waals surface area contributed by atoms with Crippen LogP contribution in [0.5, 0.6) is 0 Å². The number of hydrogen-bond donors (Lipinski definition) is 6. The van der Waals surface area contributed by atoms with E-state index in [0.29, 0.717) is 40.1 Å². The van der Waals surface area contributed by atoms with Crippen molar-refractivity contribution < 1.29 is 31.9 Å². The van der Waals surface area contributed by atoms with Crippen molar-refractivity contribution in [2.24, 2.45) is 17.6 Å². The van der Waals surface area contributed by atoms with Crippen molar-refractivity contribution in [2.75, 3.05) is 0 Å². The Morgan fingerprint density at radius 2 is 1.77 bits per heavy atom. The van der Waals surface area contributed by atoms with Crippen LogP contribution < -0.4 is 27.0 Å². The molecule has 5 atom stereocenters. The van der Waals surface area contributed by atoms with Gasteiger partial charge in [0.2, 0.25) is 11.8 Å². The van der Waals surface area contributed by atoms with Gasteiger partial charge in [-0.05, 0) is 54.6 Å². The van der Waals surface area contributed by atoms with Gasteiger partial charge in [0, 0.05) is 35.0 Å². The van der Waals surface area contributed by atoms with Gasteiger partial charge in [0.1, 0.15) is 28.1 Å². The van der Waals surface area contributed by atoms with Crippen molar-refractivity contribution in [3.63, 3.8) is 0 Å². The molecule has 1 aliphatic rings. The Hall–Kier alpha value is -4.57. The molecule has 2 aromatic carbocycles. The first-order valence-electron chi connectivity index (χ1n) is 17.4. The number of H-pyrrole nitrogens is 1. The number of carbonyl (C=O) groups is 3. The first-order chi connectivity index (χ1) is 25.1. The molecule has 53 heavy (non-hydrogen) atoms. The second-order valence-corrected chi connectivity index (χ2v) is 14.9. The number of carbonyl (C=O) groups excluding carboxylic acids is 3. The number of nitrogens with one attached hydrogen (secondary N) is 5. The normalized spacial score (nSPS) is 18.0. The molecule has 0 saturated carbocycles. The number of aromatic nitrogens is 2. The third-order valence-corrected chi connectivity index (χ3v) is 11.3. The first-order valence-corrected chi connectivity index (χ1v) is 18.7. The molecule has 7 N–H and O–H groups in total. The van der Waals surface area contributed by atoms with E-state index in [1.807, 2.05) is 27.7 Å². The van der Waals surface area contributed by atoms with Crippen LogP contribution in [0.25, 0.3) is 10.9 Å². The maximum absolute atomic E-state index is 14.7. The summed E-state index contributed by atoms with van der Waals surface area (Å²) in [4.78, 5) is 48.3. The number of alkyl halides is 3. The number of fused-ring (bicyclic) bond motifs is 3. The van der Waals surface area contributed by atoms with Gasteiger partial charge in [-0.3, -0.25) is 14.4 Å². The van der Waals surface area contributed by atoms with Gasteiger partial charge in [-0.25, -0.2) is 9.37 Å². The van der Waals surface area contributed by atoms with Gasteiger partial charge in [0.15, 0.2) is 5.11 Å². The lowest BCUT2D eigenvalue weighted by molar-refractivity contribution is -0.136. The summed E-state index contributed by atoms with van der Waals surface area (Å²) in [7, 11) is 0. The van der Waals surface area contributed by atoms with E-state index < -0.39 is 52.9 Å². The third-order valence-electron chi connectivity index (χ3n) is 10.1. The standard InChI is InChI=1S/C37H43F4N7O3S2/c1-5-19(3)28(47-35(52)43-17-21-10-7-8-13-25(21)38)32(50)48-36(34(51)46-29(20(4)6-2)33-45-27(18-53-33)31(42)49)15-14-26-23(16-36)22-11-9-12-24(30(22)44-26)37(39,40)41/h7-13,18-20,28-29,44H,5-6,14-17H2,1-4H3,(H2,42,49)(H,46,51)(H,48,50)(H2,43,47,52)/t19?,20-,28?,29-,36-/m0/s1. The van der Waals surface area contributed by atoms with Gasteiger partial charge < -0.3 is 32.0 Å². The molecule has 0 saturated heterocycles. The number of thiazole rings is 1. The molecule has 3 amide bonds. The Bertz CT molecular complexity index is 2000. The van der Waals surface area contributed by atoms with Gasteiger partial charge in [0.25, 0.3) is 5.91 Å². The Morgan fingerprint density at radius 1 is 1.06 bits per heavy atom. The van der Waals surface area contributed by atoms with E-state index in [1.165, 1.54) is 28.8 Å². The summed E-state index contributed by atoms with van der Waals surface area (Å²) in [6.45, 7) is 7.66. The highest BCUT2D eigenvalue weighted by Crippen LogP contribution is 2.40. The van der Waals surface area contributed by atoms with Gasteiger partial charge >= 0.3 is 6.18 Å². The van der Waals surface area contributed by atoms with Crippen LogP contribution in [0.4, 0.5) is 17.6 Å². The Kier molecular flexibility index (Phi) is 12.1. The molecule has 4 aromatic rings. The molecular formula is C37H43F4N7O3S2. The topological polar surface area (TPSA) is 154 Å². The zero-order valence-corrected chi connectivity index (χ0v) is 31.4. The minimum atomic E-state index is -4.62. The van der Waals surface area contributed by atoms with Crippen LogP contribution >= 0.6 is 23.6 Å². The largest absolute Gasteiger partial charge is 0.418 e. The summed E-state index contributed by atoms with van der Waals surface area (Å²) in [5.74, 6) is -2.68. The number of primary amides is 1. The van der Waals surface area contributed by atoms with Gasteiger partial charge in [-0.15, -0.1) is 11.3 Å². The minimum absolute atomic E-state index is 0.0548. The van der Waals surface area contributed by atoms with Crippen LogP contribution in [0.15, 0.2) is 47.8 Å². The predicted molar refractivity (Wildman–Crippen MR) is 199 cm³/mol. The zero-order chi connectivity index (χ0) is 38.7. The van der Waals surface area contributed by atoms with Crippen LogP contribution in [-0.2, 0) is 35.2 Å². The van der Waals surface area contributed by atoms with Crippen molar-refractivity contribution >= 4 is 57.3 Å². The summed E-state index contributed by atoms with van der Waals surface area (Å²) in [6.07, 6.45) is -3.33. The molecule has 5 rings (SSSR count). The second-order valence-electron chi connectivity index (χ2n) is 13.6. The van der Waals surface area contributed by atoms with Gasteiger partial charge in [0.05, 0.1) is 17.1 Å². The van der Waals surface area contributed by atoms with Crippen LogP contribution in [-0.4, -0.2) is 44.4 Å². The van der Waals surface area contributed by atoms with Crippen molar-refractivity contribution in [1.29, 1.82) is 0 Å². The monoisotopic (exact) mass is 773 g/mol. The number of hydrogen-bond acceptors (Lipinski definition) is 6. The Balaban J connectivity index is 1.50. The number of benzene rings is 2. The molecule has 1 aliphatic carbocycles. The molecule has 16 heteroatoms. The number of amides is 3. The van der Waals surface area contributed by atoms with Gasteiger partial charge in [-0.1, -0.05) is 70.9 Å². The molecule has 2 aromatic heterocycles. The molecule has 2 unspecified atom stereocenters. The lowest BCUT2D eigenvalue weighted by atomic mass is 9.78. The van der Waals surface area contributed by atoms with Crippen LogP contribution in [0.2, 0.25) is 0 Å². The zero-order valence-electron chi connectivity index (χ0n) is 29.7. The van der Waals surface area contributed by atoms with Crippen LogP contribution in [0.1, 0.15) is 90.9 Å². The maximum atomic E-state index is 14.7. The van der Waals surface area contributed by atoms with Gasteiger partial charge in [-0.2, -0.15) is 13.2 Å². The van der Waals surface area contributed by atoms with Crippen LogP contribution in [0, 0.1) is 17.7 Å². The van der Waals surface area contributed by atoms with E-state index in [9.17, 15) is 31.9 Å². The fourth-order valence-electron chi connectivity index (χ4n) is 6.60. The van der Waals surface area contributed by atoms with E-state index in [4.69, 9.17) is 18.0 Å². The van der Waals surface area contributed by atoms with E-state index in [1.54, 1.807) is 24.3 Å².